The third-order valence-corrected chi connectivity index (χ3v) is 4.34. The summed E-state index contributed by atoms with van der Waals surface area (Å²) in [6.07, 6.45) is 4.29. The molecule has 1 fully saturated rings. The van der Waals surface area contributed by atoms with Crippen LogP contribution in [-0.4, -0.2) is 42.5 Å². The highest BCUT2D eigenvalue weighted by Gasteiger charge is 2.16. The molecule has 1 saturated heterocycles. The van der Waals surface area contributed by atoms with Crippen LogP contribution in [0.25, 0.3) is 0 Å². The van der Waals surface area contributed by atoms with Gasteiger partial charge in [0, 0.05) is 17.8 Å². The molecule has 1 N–H and O–H groups in total. The number of nitrogens with zero attached hydrogens (tertiary/aromatic N) is 2. The smallest absolute Gasteiger partial charge is 0.251 e. The summed E-state index contributed by atoms with van der Waals surface area (Å²) in [5, 5.41) is 3.38. The van der Waals surface area contributed by atoms with E-state index in [1.807, 2.05) is 13.0 Å². The van der Waals surface area contributed by atoms with Crippen molar-refractivity contribution in [2.45, 2.75) is 32.6 Å². The summed E-state index contributed by atoms with van der Waals surface area (Å²) < 4.78 is 0. The molecule has 1 aliphatic rings. The number of likely N-dealkylation sites (tertiary alicyclic amines) is 1. The first kappa shape index (κ1) is 16.2. The van der Waals surface area contributed by atoms with Gasteiger partial charge in [-0.25, -0.2) is 4.98 Å². The molecule has 4 nitrogen and oxygen atoms in total. The van der Waals surface area contributed by atoms with E-state index >= 15 is 0 Å². The summed E-state index contributed by atoms with van der Waals surface area (Å²) in [4.78, 5) is 18.7. The fourth-order valence-electron chi connectivity index (χ4n) is 2.71. The molecule has 1 amide bonds. The van der Waals surface area contributed by atoms with Crippen molar-refractivity contribution in [3.63, 3.8) is 0 Å². The van der Waals surface area contributed by atoms with Gasteiger partial charge in [-0.1, -0.05) is 18.5 Å². The highest BCUT2D eigenvalue weighted by atomic mass is 35.5. The minimum Gasteiger partial charge on any atom is -0.352 e. The van der Waals surface area contributed by atoms with Gasteiger partial charge in [-0.2, -0.15) is 0 Å². The number of aromatic nitrogens is 1. The molecule has 0 bridgehead atoms. The van der Waals surface area contributed by atoms with Crippen molar-refractivity contribution < 1.29 is 4.79 Å². The Hall–Kier alpha value is -1.13. The molecule has 0 atom stereocenters. The van der Waals surface area contributed by atoms with Gasteiger partial charge >= 0.3 is 0 Å². The van der Waals surface area contributed by atoms with E-state index in [2.05, 4.69) is 22.2 Å². The van der Waals surface area contributed by atoms with Crippen LogP contribution in [0.4, 0.5) is 0 Å². The average Bonchev–Trinajstić information content (AvgIpc) is 2.48. The highest BCUT2D eigenvalue weighted by molar-refractivity contribution is 6.29. The molecule has 0 aromatic carbocycles. The van der Waals surface area contributed by atoms with Crippen LogP contribution >= 0.6 is 11.6 Å². The zero-order valence-corrected chi connectivity index (χ0v) is 13.6. The highest BCUT2D eigenvalue weighted by Crippen LogP contribution is 2.19. The SMILES string of the molecule is CCc1cc(C(=O)NCCC2CCN(C)CC2)cc(Cl)n1. The number of amides is 1. The molecule has 0 unspecified atom stereocenters. The number of aryl methyl sites for hydroxylation is 1. The second-order valence-electron chi connectivity index (χ2n) is 5.81. The van der Waals surface area contributed by atoms with E-state index in [1.54, 1.807) is 6.07 Å². The summed E-state index contributed by atoms with van der Waals surface area (Å²) in [5.41, 5.74) is 1.46. The summed E-state index contributed by atoms with van der Waals surface area (Å²) in [5.74, 6) is 0.677. The Labute approximate surface area is 131 Å². The predicted octanol–water partition coefficient (Wildman–Crippen LogP) is 2.76. The van der Waals surface area contributed by atoms with Crippen molar-refractivity contribution in [1.82, 2.24) is 15.2 Å². The first-order valence-corrected chi connectivity index (χ1v) is 8.09. The number of carbonyl (C=O) groups is 1. The zero-order chi connectivity index (χ0) is 15.2. The summed E-state index contributed by atoms with van der Waals surface area (Å²) in [7, 11) is 2.16. The van der Waals surface area contributed by atoms with Gasteiger partial charge in [0.2, 0.25) is 0 Å². The lowest BCUT2D eigenvalue weighted by atomic mass is 9.94. The summed E-state index contributed by atoms with van der Waals surface area (Å²) >= 11 is 5.95. The molecule has 5 heteroatoms. The van der Waals surface area contributed by atoms with Crippen molar-refractivity contribution in [3.8, 4) is 0 Å². The third kappa shape index (κ3) is 4.97. The van der Waals surface area contributed by atoms with E-state index in [-0.39, 0.29) is 5.91 Å². The Morgan fingerprint density at radius 1 is 1.43 bits per heavy atom. The topological polar surface area (TPSA) is 45.2 Å². The Morgan fingerprint density at radius 2 is 2.14 bits per heavy atom. The molecule has 0 aliphatic carbocycles. The molecular formula is C16H24ClN3O. The first-order chi connectivity index (χ1) is 10.1. The minimum atomic E-state index is -0.0538. The maximum Gasteiger partial charge on any atom is 0.251 e. The van der Waals surface area contributed by atoms with Gasteiger partial charge in [-0.15, -0.1) is 0 Å². The van der Waals surface area contributed by atoms with Gasteiger partial charge in [0.15, 0.2) is 0 Å². The summed E-state index contributed by atoms with van der Waals surface area (Å²) in [6, 6.07) is 3.45. The standard InChI is InChI=1S/C16H24ClN3O/c1-3-14-10-13(11-15(17)19-14)16(21)18-7-4-12-5-8-20(2)9-6-12/h10-12H,3-9H2,1-2H3,(H,18,21). The quantitative estimate of drug-likeness (QED) is 0.851. The number of piperidine rings is 1. The van der Waals surface area contributed by atoms with E-state index in [4.69, 9.17) is 11.6 Å². The lowest BCUT2D eigenvalue weighted by molar-refractivity contribution is 0.0948. The van der Waals surface area contributed by atoms with Crippen LogP contribution in [0.3, 0.4) is 0 Å². The van der Waals surface area contributed by atoms with Crippen molar-refractivity contribution in [2.24, 2.45) is 5.92 Å². The van der Waals surface area contributed by atoms with E-state index in [9.17, 15) is 4.79 Å². The Balaban J connectivity index is 1.80. The van der Waals surface area contributed by atoms with E-state index in [1.165, 1.54) is 25.9 Å². The lowest BCUT2D eigenvalue weighted by Gasteiger charge is -2.28. The van der Waals surface area contributed by atoms with Crippen LogP contribution < -0.4 is 5.32 Å². The van der Waals surface area contributed by atoms with Crippen LogP contribution in [0, 0.1) is 5.92 Å². The van der Waals surface area contributed by atoms with Gasteiger partial charge in [-0.05, 0) is 63.9 Å². The number of pyridine rings is 1. The Kier molecular flexibility index (Phi) is 6.00. The van der Waals surface area contributed by atoms with Crippen LogP contribution in [0.5, 0.6) is 0 Å². The Morgan fingerprint density at radius 3 is 2.81 bits per heavy atom. The second-order valence-corrected chi connectivity index (χ2v) is 6.20. The number of halogens is 1. The van der Waals surface area contributed by atoms with Gasteiger partial charge in [0.25, 0.3) is 5.91 Å². The molecule has 0 radical (unpaired) electrons. The molecule has 1 aliphatic heterocycles. The number of carbonyl (C=O) groups excluding carboxylic acids is 1. The van der Waals surface area contributed by atoms with Gasteiger partial charge in [-0.3, -0.25) is 4.79 Å². The molecule has 21 heavy (non-hydrogen) atoms. The number of rotatable bonds is 5. The Bertz CT molecular complexity index is 484. The van der Waals surface area contributed by atoms with Crippen molar-refractivity contribution >= 4 is 17.5 Å². The molecular weight excluding hydrogens is 286 g/mol. The third-order valence-electron chi connectivity index (χ3n) is 4.15. The lowest BCUT2D eigenvalue weighted by Crippen LogP contribution is -2.32. The fourth-order valence-corrected chi connectivity index (χ4v) is 2.93. The molecule has 1 aromatic heterocycles. The van der Waals surface area contributed by atoms with Crippen LogP contribution in [0.1, 0.15) is 42.2 Å². The van der Waals surface area contributed by atoms with E-state index in [0.717, 1.165) is 31.0 Å². The average molecular weight is 310 g/mol. The molecule has 0 spiro atoms. The maximum absolute atomic E-state index is 12.2. The van der Waals surface area contributed by atoms with Gasteiger partial charge in [0.05, 0.1) is 0 Å². The van der Waals surface area contributed by atoms with Gasteiger partial charge < -0.3 is 10.2 Å². The molecule has 116 valence electrons. The second kappa shape index (κ2) is 7.76. The van der Waals surface area contributed by atoms with E-state index in [0.29, 0.717) is 10.7 Å². The predicted molar refractivity (Wildman–Crippen MR) is 85.8 cm³/mol. The van der Waals surface area contributed by atoms with E-state index < -0.39 is 0 Å². The van der Waals surface area contributed by atoms with Crippen molar-refractivity contribution in [2.75, 3.05) is 26.7 Å². The molecule has 2 heterocycles. The minimum absolute atomic E-state index is 0.0538. The van der Waals surface area contributed by atoms with Crippen molar-refractivity contribution in [1.29, 1.82) is 0 Å². The first-order valence-electron chi connectivity index (χ1n) is 7.71. The normalized spacial score (nSPS) is 16.9. The van der Waals surface area contributed by atoms with Crippen molar-refractivity contribution in [3.05, 3.63) is 28.5 Å². The fraction of sp³-hybridized carbons (Fsp3) is 0.625. The largest absolute Gasteiger partial charge is 0.352 e. The monoisotopic (exact) mass is 309 g/mol. The maximum atomic E-state index is 12.2. The van der Waals surface area contributed by atoms with Crippen LogP contribution in [0.15, 0.2) is 12.1 Å². The molecule has 1 aromatic rings. The number of nitrogens with one attached hydrogen (secondary N) is 1. The molecule has 2 rings (SSSR count). The van der Waals surface area contributed by atoms with Gasteiger partial charge in [0.1, 0.15) is 5.15 Å². The molecule has 0 saturated carbocycles. The van der Waals surface area contributed by atoms with Crippen LogP contribution in [-0.2, 0) is 6.42 Å². The zero-order valence-electron chi connectivity index (χ0n) is 12.9. The summed E-state index contributed by atoms with van der Waals surface area (Å²) in [6.45, 7) is 5.06. The van der Waals surface area contributed by atoms with Crippen LogP contribution in [0.2, 0.25) is 5.15 Å². The number of hydrogen-bond acceptors (Lipinski definition) is 3. The number of hydrogen-bond donors (Lipinski definition) is 1.